The Kier molecular flexibility index (Phi) is 2.96. The number of benzene rings is 2. The molecule has 0 saturated carbocycles. The zero-order chi connectivity index (χ0) is 14.3. The van der Waals surface area contributed by atoms with Crippen LogP contribution in [0.1, 0.15) is 34.6 Å². The molecular formula is C16H13F3O. The number of fused-ring (bicyclic) bond motifs is 1. The van der Waals surface area contributed by atoms with Crippen molar-refractivity contribution in [2.24, 2.45) is 0 Å². The number of alkyl halides is 3. The Morgan fingerprint density at radius 2 is 1.70 bits per heavy atom. The molecule has 0 fully saturated rings. The Bertz CT molecular complexity index is 629. The molecule has 0 aliphatic heterocycles. The number of phenolic OH excluding ortho intramolecular Hbond substituents is 1. The molecule has 2 aromatic carbocycles. The monoisotopic (exact) mass is 278 g/mol. The van der Waals surface area contributed by atoms with Crippen LogP contribution in [0.3, 0.4) is 0 Å². The minimum atomic E-state index is -4.29. The molecular weight excluding hydrogens is 265 g/mol. The summed E-state index contributed by atoms with van der Waals surface area (Å²) in [6.45, 7) is 0. The summed E-state index contributed by atoms with van der Waals surface area (Å²) in [5.74, 6) is 0.352. The molecule has 104 valence electrons. The van der Waals surface area contributed by atoms with Crippen molar-refractivity contribution in [3.05, 3.63) is 64.7 Å². The van der Waals surface area contributed by atoms with E-state index in [1.54, 1.807) is 24.3 Å². The molecule has 1 atom stereocenters. The van der Waals surface area contributed by atoms with E-state index in [1.165, 1.54) is 0 Å². The summed E-state index contributed by atoms with van der Waals surface area (Å²) in [6, 6.07) is 10.6. The molecule has 1 aliphatic carbocycles. The Morgan fingerprint density at radius 3 is 2.35 bits per heavy atom. The van der Waals surface area contributed by atoms with Crippen molar-refractivity contribution in [2.75, 3.05) is 0 Å². The summed E-state index contributed by atoms with van der Waals surface area (Å²) in [7, 11) is 0. The highest BCUT2D eigenvalue weighted by Gasteiger charge is 2.31. The lowest BCUT2D eigenvalue weighted by Crippen LogP contribution is -2.05. The van der Waals surface area contributed by atoms with Crippen LogP contribution in [0, 0.1) is 0 Å². The van der Waals surface area contributed by atoms with Crippen LogP contribution in [-0.4, -0.2) is 5.11 Å². The van der Waals surface area contributed by atoms with Crippen molar-refractivity contribution in [3.8, 4) is 5.75 Å². The molecule has 0 radical (unpaired) electrons. The van der Waals surface area contributed by atoms with Gasteiger partial charge < -0.3 is 5.11 Å². The molecule has 1 aliphatic rings. The van der Waals surface area contributed by atoms with Crippen LogP contribution in [0.5, 0.6) is 5.75 Å². The normalized spacial score (nSPS) is 18.1. The van der Waals surface area contributed by atoms with Gasteiger partial charge in [0.05, 0.1) is 5.56 Å². The van der Waals surface area contributed by atoms with Gasteiger partial charge in [0.2, 0.25) is 0 Å². The van der Waals surface area contributed by atoms with Gasteiger partial charge in [-0.15, -0.1) is 0 Å². The van der Waals surface area contributed by atoms with E-state index in [2.05, 4.69) is 0 Å². The Balaban J connectivity index is 1.93. The van der Waals surface area contributed by atoms with E-state index in [0.29, 0.717) is 0 Å². The average molecular weight is 278 g/mol. The highest BCUT2D eigenvalue weighted by atomic mass is 19.4. The van der Waals surface area contributed by atoms with Gasteiger partial charge in [0.25, 0.3) is 0 Å². The van der Waals surface area contributed by atoms with E-state index >= 15 is 0 Å². The van der Waals surface area contributed by atoms with Gasteiger partial charge in [0, 0.05) is 5.92 Å². The van der Waals surface area contributed by atoms with Gasteiger partial charge in [-0.25, -0.2) is 0 Å². The second-order valence-corrected chi connectivity index (χ2v) is 5.09. The third kappa shape index (κ3) is 2.26. The molecule has 0 saturated heterocycles. The zero-order valence-electron chi connectivity index (χ0n) is 10.6. The van der Waals surface area contributed by atoms with Crippen molar-refractivity contribution in [1.29, 1.82) is 0 Å². The number of aryl methyl sites for hydroxylation is 1. The van der Waals surface area contributed by atoms with Crippen molar-refractivity contribution in [1.82, 2.24) is 0 Å². The van der Waals surface area contributed by atoms with Crippen molar-refractivity contribution < 1.29 is 18.3 Å². The maximum absolute atomic E-state index is 12.6. The molecule has 1 nitrogen and oxygen atoms in total. The van der Waals surface area contributed by atoms with E-state index in [-0.39, 0.29) is 11.7 Å². The lowest BCUT2D eigenvalue weighted by Gasteiger charge is -2.14. The summed E-state index contributed by atoms with van der Waals surface area (Å²) in [4.78, 5) is 0. The van der Waals surface area contributed by atoms with Crippen molar-refractivity contribution >= 4 is 0 Å². The highest BCUT2D eigenvalue weighted by Crippen LogP contribution is 2.40. The predicted octanol–water partition coefficient (Wildman–Crippen LogP) is 4.49. The summed E-state index contributed by atoms with van der Waals surface area (Å²) in [5.41, 5.74) is 2.45. The summed E-state index contributed by atoms with van der Waals surface area (Å²) in [5, 5.41) is 9.45. The SMILES string of the molecule is Oc1ccc2c(c1)CCC2c1ccc(C(F)(F)F)cc1. The first-order chi connectivity index (χ1) is 9.45. The molecule has 1 N–H and O–H groups in total. The second kappa shape index (κ2) is 4.54. The molecule has 3 rings (SSSR count). The van der Waals surface area contributed by atoms with Gasteiger partial charge in [-0.05, 0) is 53.8 Å². The van der Waals surface area contributed by atoms with E-state index in [1.807, 2.05) is 6.07 Å². The van der Waals surface area contributed by atoms with E-state index in [4.69, 9.17) is 0 Å². The number of hydrogen-bond acceptors (Lipinski definition) is 1. The number of halogens is 3. The van der Waals surface area contributed by atoms with Crippen LogP contribution in [0.25, 0.3) is 0 Å². The fraction of sp³-hybridized carbons (Fsp3) is 0.250. The zero-order valence-corrected chi connectivity index (χ0v) is 10.6. The van der Waals surface area contributed by atoms with E-state index in [9.17, 15) is 18.3 Å². The van der Waals surface area contributed by atoms with Crippen LogP contribution in [0.2, 0.25) is 0 Å². The minimum absolute atomic E-state index is 0.118. The highest BCUT2D eigenvalue weighted by molar-refractivity contribution is 5.45. The molecule has 1 unspecified atom stereocenters. The van der Waals surface area contributed by atoms with Gasteiger partial charge in [-0.2, -0.15) is 13.2 Å². The van der Waals surface area contributed by atoms with Crippen molar-refractivity contribution in [3.63, 3.8) is 0 Å². The lowest BCUT2D eigenvalue weighted by atomic mass is 9.92. The van der Waals surface area contributed by atoms with E-state index in [0.717, 1.165) is 41.7 Å². The average Bonchev–Trinajstić information content (AvgIpc) is 2.80. The van der Waals surface area contributed by atoms with Crippen LogP contribution in [-0.2, 0) is 12.6 Å². The Morgan fingerprint density at radius 1 is 1.00 bits per heavy atom. The number of hydrogen-bond donors (Lipinski definition) is 1. The molecule has 0 heterocycles. The van der Waals surface area contributed by atoms with Gasteiger partial charge in [-0.1, -0.05) is 18.2 Å². The van der Waals surface area contributed by atoms with Gasteiger partial charge in [0.1, 0.15) is 5.75 Å². The first kappa shape index (κ1) is 13.0. The van der Waals surface area contributed by atoms with Crippen LogP contribution < -0.4 is 0 Å². The largest absolute Gasteiger partial charge is 0.508 e. The summed E-state index contributed by atoms with van der Waals surface area (Å²) >= 11 is 0. The third-order valence-electron chi connectivity index (χ3n) is 3.84. The molecule has 2 aromatic rings. The van der Waals surface area contributed by atoms with Crippen LogP contribution in [0.4, 0.5) is 13.2 Å². The van der Waals surface area contributed by atoms with Gasteiger partial charge in [-0.3, -0.25) is 0 Å². The Labute approximate surface area is 114 Å². The van der Waals surface area contributed by atoms with E-state index < -0.39 is 11.7 Å². The number of aromatic hydroxyl groups is 1. The van der Waals surface area contributed by atoms with Crippen LogP contribution in [0.15, 0.2) is 42.5 Å². The third-order valence-corrected chi connectivity index (χ3v) is 3.84. The fourth-order valence-electron chi connectivity index (χ4n) is 2.85. The van der Waals surface area contributed by atoms with Crippen LogP contribution >= 0.6 is 0 Å². The number of rotatable bonds is 1. The minimum Gasteiger partial charge on any atom is -0.508 e. The molecule has 0 bridgehead atoms. The number of phenols is 1. The quantitative estimate of drug-likeness (QED) is 0.815. The lowest BCUT2D eigenvalue weighted by molar-refractivity contribution is -0.137. The maximum atomic E-state index is 12.6. The standard InChI is InChI=1S/C16H13F3O/c17-16(18,19)12-4-1-10(2-5-12)14-7-3-11-9-13(20)6-8-15(11)14/h1-2,4-6,8-9,14,20H,3,7H2. The molecule has 4 heteroatoms. The molecule has 0 amide bonds. The predicted molar refractivity (Wildman–Crippen MR) is 69.7 cm³/mol. The topological polar surface area (TPSA) is 20.2 Å². The van der Waals surface area contributed by atoms with Gasteiger partial charge in [0.15, 0.2) is 0 Å². The maximum Gasteiger partial charge on any atom is 0.416 e. The first-order valence-corrected chi connectivity index (χ1v) is 6.44. The fourth-order valence-corrected chi connectivity index (χ4v) is 2.85. The molecule has 0 aromatic heterocycles. The van der Waals surface area contributed by atoms with Crippen molar-refractivity contribution in [2.45, 2.75) is 24.9 Å². The van der Waals surface area contributed by atoms with Gasteiger partial charge >= 0.3 is 6.18 Å². The Hall–Kier alpha value is -1.97. The molecule has 0 spiro atoms. The summed E-state index contributed by atoms with van der Waals surface area (Å²) in [6.07, 6.45) is -2.59. The summed E-state index contributed by atoms with van der Waals surface area (Å²) < 4.78 is 37.7. The smallest absolute Gasteiger partial charge is 0.416 e. The molecule has 20 heavy (non-hydrogen) atoms. The first-order valence-electron chi connectivity index (χ1n) is 6.44. The second-order valence-electron chi connectivity index (χ2n) is 5.09.